The summed E-state index contributed by atoms with van der Waals surface area (Å²) < 4.78 is 8.46. The van der Waals surface area contributed by atoms with Crippen LogP contribution in [0.15, 0.2) is 69.5 Å². The number of amides is 1. The number of nitrogens with zero attached hydrogens (tertiary/aromatic N) is 5. The molecule has 31 heavy (non-hydrogen) atoms. The van der Waals surface area contributed by atoms with Crippen LogP contribution in [0, 0.1) is 6.92 Å². The van der Waals surface area contributed by atoms with Crippen LogP contribution in [-0.2, 0) is 11.8 Å². The van der Waals surface area contributed by atoms with Crippen molar-refractivity contribution in [3.05, 3.63) is 76.2 Å². The molecular formula is C22H21N5O3S. The van der Waals surface area contributed by atoms with E-state index in [-0.39, 0.29) is 22.9 Å². The Bertz CT molecular complexity index is 1230. The molecule has 0 unspecified atom stereocenters. The second-order valence-electron chi connectivity index (χ2n) is 6.82. The number of methoxy groups -OCH3 is 1. The number of hydrogen-bond acceptors (Lipinski definition) is 6. The molecule has 0 spiro atoms. The van der Waals surface area contributed by atoms with Crippen molar-refractivity contribution in [2.24, 2.45) is 17.1 Å². The van der Waals surface area contributed by atoms with E-state index in [1.54, 1.807) is 29.7 Å². The van der Waals surface area contributed by atoms with Gasteiger partial charge in [-0.3, -0.25) is 14.3 Å². The highest BCUT2D eigenvalue weighted by molar-refractivity contribution is 8.15. The van der Waals surface area contributed by atoms with E-state index in [4.69, 9.17) is 4.74 Å². The minimum Gasteiger partial charge on any atom is -0.497 e. The van der Waals surface area contributed by atoms with Gasteiger partial charge in [0.15, 0.2) is 10.9 Å². The highest BCUT2D eigenvalue weighted by Gasteiger charge is 2.29. The predicted octanol–water partition coefficient (Wildman–Crippen LogP) is 3.09. The number of hydrazone groups is 1. The number of amidine groups is 1. The molecule has 0 aliphatic carbocycles. The summed E-state index contributed by atoms with van der Waals surface area (Å²) in [6, 6.07) is 16.7. The Morgan fingerprint density at radius 3 is 2.45 bits per heavy atom. The third kappa shape index (κ3) is 4.04. The van der Waals surface area contributed by atoms with E-state index >= 15 is 0 Å². The lowest BCUT2D eigenvalue weighted by molar-refractivity contribution is -0.124. The zero-order valence-corrected chi connectivity index (χ0v) is 18.2. The summed E-state index contributed by atoms with van der Waals surface area (Å²) in [5.74, 6) is 0.768. The number of hydrogen-bond donors (Lipinski definition) is 0. The number of rotatable bonds is 5. The van der Waals surface area contributed by atoms with Crippen molar-refractivity contribution in [1.29, 1.82) is 0 Å². The van der Waals surface area contributed by atoms with E-state index in [1.165, 1.54) is 16.8 Å². The van der Waals surface area contributed by atoms with Crippen LogP contribution in [0.25, 0.3) is 5.69 Å². The lowest BCUT2D eigenvalue weighted by Gasteiger charge is -2.08. The number of carbonyl (C=O) groups is 1. The molecule has 2 aromatic carbocycles. The number of para-hydroxylation sites is 1. The van der Waals surface area contributed by atoms with Crippen molar-refractivity contribution in [2.45, 2.75) is 6.92 Å². The standard InChI is InChI=1S/C22H21N5O3S/c1-15-20(21(29)27(25(15)2)17-7-5-4-6-8-17)24-22-26(19(28)14-31-22)23-13-16-9-11-18(30-3)12-10-16/h4-13H,14H2,1-3H3. The number of aromatic nitrogens is 2. The summed E-state index contributed by atoms with van der Waals surface area (Å²) in [5, 5.41) is 5.92. The van der Waals surface area contributed by atoms with E-state index in [0.717, 1.165) is 17.0 Å². The molecule has 1 saturated heterocycles. The van der Waals surface area contributed by atoms with Crippen molar-refractivity contribution in [2.75, 3.05) is 12.9 Å². The van der Waals surface area contributed by atoms with E-state index in [1.807, 2.05) is 61.5 Å². The minimum atomic E-state index is -0.252. The highest BCUT2D eigenvalue weighted by atomic mass is 32.2. The zero-order chi connectivity index (χ0) is 22.0. The molecular weight excluding hydrogens is 414 g/mol. The zero-order valence-electron chi connectivity index (χ0n) is 17.3. The Hall–Kier alpha value is -3.59. The van der Waals surface area contributed by atoms with Gasteiger partial charge in [-0.25, -0.2) is 9.67 Å². The first-order valence-electron chi connectivity index (χ1n) is 9.56. The minimum absolute atomic E-state index is 0.189. The van der Waals surface area contributed by atoms with Gasteiger partial charge in [-0.2, -0.15) is 10.1 Å². The molecule has 1 fully saturated rings. The first kappa shape index (κ1) is 20.7. The van der Waals surface area contributed by atoms with Gasteiger partial charge in [0.2, 0.25) is 0 Å². The van der Waals surface area contributed by atoms with Gasteiger partial charge in [-0.15, -0.1) is 0 Å². The SMILES string of the molecule is COc1ccc(C=NN2C(=O)CSC2=Nc2c(C)n(C)n(-c3ccccc3)c2=O)cc1. The molecule has 0 N–H and O–H groups in total. The van der Waals surface area contributed by atoms with Crippen LogP contribution in [0.3, 0.4) is 0 Å². The molecule has 1 aliphatic rings. The van der Waals surface area contributed by atoms with Crippen LogP contribution in [0.4, 0.5) is 5.69 Å². The molecule has 1 aliphatic heterocycles. The van der Waals surface area contributed by atoms with Gasteiger partial charge in [-0.05, 0) is 48.9 Å². The molecule has 0 radical (unpaired) electrons. The molecule has 0 saturated carbocycles. The summed E-state index contributed by atoms with van der Waals surface area (Å²) in [7, 11) is 3.41. The van der Waals surface area contributed by atoms with Gasteiger partial charge >= 0.3 is 0 Å². The fourth-order valence-electron chi connectivity index (χ4n) is 3.14. The molecule has 1 aromatic heterocycles. The first-order chi connectivity index (χ1) is 15.0. The van der Waals surface area contributed by atoms with Gasteiger partial charge in [0.05, 0.1) is 30.5 Å². The second-order valence-corrected chi connectivity index (χ2v) is 7.76. The summed E-state index contributed by atoms with van der Waals surface area (Å²) >= 11 is 1.26. The maximum absolute atomic E-state index is 13.1. The lowest BCUT2D eigenvalue weighted by Crippen LogP contribution is -2.24. The van der Waals surface area contributed by atoms with E-state index < -0.39 is 0 Å². The van der Waals surface area contributed by atoms with E-state index in [0.29, 0.717) is 10.9 Å². The molecule has 0 bridgehead atoms. The number of aliphatic imine (C=N–C) groups is 1. The van der Waals surface area contributed by atoms with E-state index in [2.05, 4.69) is 10.1 Å². The van der Waals surface area contributed by atoms with Crippen molar-refractivity contribution < 1.29 is 9.53 Å². The topological polar surface area (TPSA) is 81.2 Å². The summed E-state index contributed by atoms with van der Waals surface area (Å²) in [4.78, 5) is 30.0. The molecule has 0 atom stereocenters. The largest absolute Gasteiger partial charge is 0.497 e. The van der Waals surface area contributed by atoms with Crippen LogP contribution >= 0.6 is 11.8 Å². The quantitative estimate of drug-likeness (QED) is 0.577. The Morgan fingerprint density at radius 2 is 1.77 bits per heavy atom. The third-order valence-electron chi connectivity index (χ3n) is 4.91. The fourth-order valence-corrected chi connectivity index (χ4v) is 3.94. The van der Waals surface area contributed by atoms with Gasteiger partial charge in [0, 0.05) is 7.05 Å². The lowest BCUT2D eigenvalue weighted by atomic mass is 10.2. The Morgan fingerprint density at radius 1 is 1.06 bits per heavy atom. The molecule has 2 heterocycles. The number of ether oxygens (including phenoxy) is 1. The molecule has 9 heteroatoms. The van der Waals surface area contributed by atoms with Crippen LogP contribution < -0.4 is 10.3 Å². The van der Waals surface area contributed by atoms with Crippen molar-refractivity contribution >= 4 is 34.7 Å². The molecule has 1 amide bonds. The van der Waals surface area contributed by atoms with Crippen LogP contribution in [0.1, 0.15) is 11.3 Å². The second kappa shape index (κ2) is 8.65. The number of benzene rings is 2. The van der Waals surface area contributed by atoms with Gasteiger partial charge in [-0.1, -0.05) is 30.0 Å². The van der Waals surface area contributed by atoms with Crippen molar-refractivity contribution in [1.82, 2.24) is 14.4 Å². The summed E-state index contributed by atoms with van der Waals surface area (Å²) in [6.07, 6.45) is 1.58. The smallest absolute Gasteiger partial charge is 0.297 e. The highest BCUT2D eigenvalue weighted by Crippen LogP contribution is 2.25. The van der Waals surface area contributed by atoms with E-state index in [9.17, 15) is 9.59 Å². The van der Waals surface area contributed by atoms with Gasteiger partial charge in [0.1, 0.15) is 5.75 Å². The molecule has 3 aromatic rings. The van der Waals surface area contributed by atoms with Crippen LogP contribution in [-0.4, -0.2) is 44.5 Å². The fraction of sp³-hybridized carbons (Fsp3) is 0.182. The Kier molecular flexibility index (Phi) is 5.77. The van der Waals surface area contributed by atoms with Gasteiger partial charge < -0.3 is 4.74 Å². The maximum Gasteiger partial charge on any atom is 0.297 e. The molecule has 4 rings (SSSR count). The Labute approximate surface area is 183 Å². The normalized spacial score (nSPS) is 15.4. The predicted molar refractivity (Wildman–Crippen MR) is 123 cm³/mol. The van der Waals surface area contributed by atoms with Gasteiger partial charge in [0.25, 0.3) is 11.5 Å². The average Bonchev–Trinajstić information content (AvgIpc) is 3.24. The third-order valence-corrected chi connectivity index (χ3v) is 5.83. The molecule has 158 valence electrons. The maximum atomic E-state index is 13.1. The summed E-state index contributed by atoms with van der Waals surface area (Å²) in [5.41, 5.74) is 2.28. The van der Waals surface area contributed by atoms with Crippen LogP contribution in [0.2, 0.25) is 0 Å². The summed E-state index contributed by atoms with van der Waals surface area (Å²) in [6.45, 7) is 1.83. The Balaban J connectivity index is 1.68. The first-order valence-corrected chi connectivity index (χ1v) is 10.5. The van der Waals surface area contributed by atoms with Crippen LogP contribution in [0.5, 0.6) is 5.75 Å². The number of thioether (sulfide) groups is 1. The average molecular weight is 436 g/mol. The van der Waals surface area contributed by atoms with Crippen molar-refractivity contribution in [3.8, 4) is 11.4 Å². The monoisotopic (exact) mass is 435 g/mol. The number of carbonyl (C=O) groups excluding carboxylic acids is 1. The van der Waals surface area contributed by atoms with Crippen molar-refractivity contribution in [3.63, 3.8) is 0 Å². The molecule has 8 nitrogen and oxygen atoms in total.